The van der Waals surface area contributed by atoms with E-state index >= 15 is 0 Å². The Labute approximate surface area is 85.5 Å². The number of benzene rings is 1. The van der Waals surface area contributed by atoms with Crippen LogP contribution in [0.1, 0.15) is 18.1 Å². The molecule has 1 rings (SSSR count). The molecule has 0 aliphatic rings. The van der Waals surface area contributed by atoms with E-state index in [0.29, 0.717) is 11.1 Å². The maximum absolute atomic E-state index is 12.2. The van der Waals surface area contributed by atoms with E-state index in [1.807, 2.05) is 6.07 Å². The molecule has 0 amide bonds. The minimum atomic E-state index is -4.31. The van der Waals surface area contributed by atoms with Crippen LogP contribution < -0.4 is 0 Å². The molecule has 0 heterocycles. The highest BCUT2D eigenvalue weighted by atomic mass is 19.4. The van der Waals surface area contributed by atoms with Crippen molar-refractivity contribution < 1.29 is 13.2 Å². The van der Waals surface area contributed by atoms with Crippen molar-refractivity contribution in [2.75, 3.05) is 0 Å². The summed E-state index contributed by atoms with van der Waals surface area (Å²) in [6.07, 6.45) is -3.02. The molecule has 1 aromatic carbocycles. The van der Waals surface area contributed by atoms with Gasteiger partial charge in [-0.3, -0.25) is 0 Å². The molecule has 1 nitrogen and oxygen atoms in total. The van der Waals surface area contributed by atoms with Gasteiger partial charge in [-0.05, 0) is 30.2 Å². The number of alkyl halides is 3. The lowest BCUT2D eigenvalue weighted by molar-refractivity contribution is -0.137. The predicted molar refractivity (Wildman–Crippen MR) is 50.7 cm³/mol. The van der Waals surface area contributed by atoms with Gasteiger partial charge < -0.3 is 0 Å². The minimum Gasteiger partial charge on any atom is -0.193 e. The van der Waals surface area contributed by atoms with E-state index in [4.69, 9.17) is 5.26 Å². The summed E-state index contributed by atoms with van der Waals surface area (Å²) in [5, 5.41) is 8.38. The molecule has 0 fully saturated rings. The van der Waals surface area contributed by atoms with Crippen LogP contribution in [0.15, 0.2) is 30.3 Å². The first-order valence-electron chi connectivity index (χ1n) is 4.19. The molecule has 0 N–H and O–H groups in total. The summed E-state index contributed by atoms with van der Waals surface area (Å²) in [6, 6.07) is 6.54. The number of hydrogen-bond donors (Lipinski definition) is 0. The number of nitrogens with zero attached hydrogens (tertiary/aromatic N) is 1. The molecule has 15 heavy (non-hydrogen) atoms. The summed E-state index contributed by atoms with van der Waals surface area (Å²) >= 11 is 0. The highest BCUT2D eigenvalue weighted by Crippen LogP contribution is 2.29. The number of halogens is 3. The van der Waals surface area contributed by atoms with Crippen molar-refractivity contribution >= 4 is 5.57 Å². The lowest BCUT2D eigenvalue weighted by atomic mass is 10.1. The molecule has 0 radical (unpaired) electrons. The Morgan fingerprint density at radius 1 is 1.27 bits per heavy atom. The van der Waals surface area contributed by atoms with Crippen LogP contribution in [-0.2, 0) is 6.18 Å². The van der Waals surface area contributed by atoms with Crippen molar-refractivity contribution in [2.45, 2.75) is 13.1 Å². The van der Waals surface area contributed by atoms with Gasteiger partial charge in [0, 0.05) is 6.08 Å². The molecule has 4 heteroatoms. The molecule has 0 aromatic heterocycles. The molecule has 0 saturated heterocycles. The summed E-state index contributed by atoms with van der Waals surface area (Å²) in [5.74, 6) is 0. The number of allylic oxidation sites excluding steroid dienone is 2. The van der Waals surface area contributed by atoms with Gasteiger partial charge in [0.2, 0.25) is 0 Å². The fraction of sp³-hybridized carbons (Fsp3) is 0.182. The second-order valence-electron chi connectivity index (χ2n) is 3.03. The monoisotopic (exact) mass is 211 g/mol. The van der Waals surface area contributed by atoms with Gasteiger partial charge >= 0.3 is 6.18 Å². The molecular formula is C11H8F3N. The first-order chi connectivity index (χ1) is 6.95. The molecule has 0 aliphatic heterocycles. The van der Waals surface area contributed by atoms with Crippen LogP contribution in [0.4, 0.5) is 13.2 Å². The van der Waals surface area contributed by atoms with Crippen molar-refractivity contribution in [3.63, 3.8) is 0 Å². The maximum atomic E-state index is 12.2. The minimum absolute atomic E-state index is 0.615. The van der Waals surface area contributed by atoms with Crippen molar-refractivity contribution in [1.82, 2.24) is 0 Å². The van der Waals surface area contributed by atoms with E-state index in [1.54, 1.807) is 6.92 Å². The molecule has 0 atom stereocenters. The Morgan fingerprint density at radius 2 is 1.80 bits per heavy atom. The Morgan fingerprint density at radius 3 is 2.20 bits per heavy atom. The zero-order chi connectivity index (χ0) is 11.5. The van der Waals surface area contributed by atoms with Crippen LogP contribution in [0.2, 0.25) is 0 Å². The normalized spacial score (nSPS) is 12.3. The summed E-state index contributed by atoms with van der Waals surface area (Å²) in [4.78, 5) is 0. The lowest BCUT2D eigenvalue weighted by Gasteiger charge is -2.07. The van der Waals surface area contributed by atoms with Gasteiger partial charge in [-0.1, -0.05) is 12.1 Å². The fourth-order valence-electron chi connectivity index (χ4n) is 1.10. The van der Waals surface area contributed by atoms with Crippen LogP contribution in [0.5, 0.6) is 0 Å². The van der Waals surface area contributed by atoms with Crippen molar-refractivity contribution in [3.8, 4) is 6.07 Å². The first kappa shape index (κ1) is 11.3. The quantitative estimate of drug-likeness (QED) is 0.650. The maximum Gasteiger partial charge on any atom is 0.416 e. The highest BCUT2D eigenvalue weighted by Gasteiger charge is 2.29. The Hall–Kier alpha value is -1.76. The van der Waals surface area contributed by atoms with Gasteiger partial charge in [-0.15, -0.1) is 0 Å². The zero-order valence-electron chi connectivity index (χ0n) is 7.97. The Balaban J connectivity index is 3.02. The standard InChI is InChI=1S/C11H8F3N/c1-8(6-7-15)9-2-4-10(5-3-9)11(12,13)14/h2-6H,1H3/b8-6+. The predicted octanol–water partition coefficient (Wildman–Crippen LogP) is 3.63. The molecule has 0 saturated carbocycles. The van der Waals surface area contributed by atoms with Gasteiger partial charge in [0.1, 0.15) is 0 Å². The second kappa shape index (κ2) is 4.18. The SMILES string of the molecule is C/C(=C\C#N)c1ccc(C(F)(F)F)cc1. The average Bonchev–Trinajstić information content (AvgIpc) is 2.17. The first-order valence-corrected chi connectivity index (χ1v) is 4.19. The van der Waals surface area contributed by atoms with Gasteiger partial charge in [0.05, 0.1) is 11.6 Å². The van der Waals surface area contributed by atoms with Crippen LogP contribution in [0.3, 0.4) is 0 Å². The largest absolute Gasteiger partial charge is 0.416 e. The Kier molecular flexibility index (Phi) is 3.15. The summed E-state index contributed by atoms with van der Waals surface area (Å²) in [7, 11) is 0. The van der Waals surface area contributed by atoms with Crippen LogP contribution in [-0.4, -0.2) is 0 Å². The van der Waals surface area contributed by atoms with E-state index in [-0.39, 0.29) is 0 Å². The zero-order valence-corrected chi connectivity index (χ0v) is 7.97. The number of nitriles is 1. The van der Waals surface area contributed by atoms with Crippen molar-refractivity contribution in [2.24, 2.45) is 0 Å². The average molecular weight is 211 g/mol. The van der Waals surface area contributed by atoms with Crippen molar-refractivity contribution in [1.29, 1.82) is 5.26 Å². The van der Waals surface area contributed by atoms with E-state index < -0.39 is 11.7 Å². The molecule has 0 aliphatic carbocycles. The Bertz CT molecular complexity index is 407. The molecule has 1 aromatic rings. The fourth-order valence-corrected chi connectivity index (χ4v) is 1.10. The molecule has 0 unspecified atom stereocenters. The van der Waals surface area contributed by atoms with Crippen molar-refractivity contribution in [3.05, 3.63) is 41.5 Å². The van der Waals surface area contributed by atoms with Crippen LogP contribution in [0.25, 0.3) is 5.57 Å². The van der Waals surface area contributed by atoms with Gasteiger partial charge in [-0.2, -0.15) is 18.4 Å². The van der Waals surface area contributed by atoms with Crippen LogP contribution >= 0.6 is 0 Å². The molecule has 0 bridgehead atoms. The topological polar surface area (TPSA) is 23.8 Å². The summed E-state index contributed by atoms with van der Waals surface area (Å²) in [6.45, 7) is 1.67. The smallest absolute Gasteiger partial charge is 0.193 e. The third-order valence-corrected chi connectivity index (χ3v) is 1.95. The van der Waals surface area contributed by atoms with E-state index in [9.17, 15) is 13.2 Å². The third-order valence-electron chi connectivity index (χ3n) is 1.95. The summed E-state index contributed by atoms with van der Waals surface area (Å²) < 4.78 is 36.6. The van der Waals surface area contributed by atoms with E-state index in [2.05, 4.69) is 0 Å². The van der Waals surface area contributed by atoms with E-state index in [1.165, 1.54) is 18.2 Å². The van der Waals surface area contributed by atoms with E-state index in [0.717, 1.165) is 12.1 Å². The van der Waals surface area contributed by atoms with Gasteiger partial charge in [0.25, 0.3) is 0 Å². The van der Waals surface area contributed by atoms with Gasteiger partial charge in [0.15, 0.2) is 0 Å². The second-order valence-corrected chi connectivity index (χ2v) is 3.03. The van der Waals surface area contributed by atoms with Gasteiger partial charge in [-0.25, -0.2) is 0 Å². The summed E-state index contributed by atoms with van der Waals surface area (Å²) in [5.41, 5.74) is 0.576. The molecule has 78 valence electrons. The lowest BCUT2D eigenvalue weighted by Crippen LogP contribution is -2.04. The van der Waals surface area contributed by atoms with Crippen LogP contribution in [0, 0.1) is 11.3 Å². The molecular weight excluding hydrogens is 203 g/mol. The highest BCUT2D eigenvalue weighted by molar-refractivity contribution is 5.65. The third kappa shape index (κ3) is 2.84. The number of rotatable bonds is 1. The number of hydrogen-bond acceptors (Lipinski definition) is 1. The molecule has 0 spiro atoms.